The normalized spacial score (nSPS) is 18.9. The average Bonchev–Trinajstić information content (AvgIpc) is 1.83. The van der Waals surface area contributed by atoms with Gasteiger partial charge in [-0.05, 0) is 0 Å². The lowest BCUT2D eigenvalue weighted by atomic mass is 10.2. The van der Waals surface area contributed by atoms with E-state index in [1.807, 2.05) is 0 Å². The van der Waals surface area contributed by atoms with Crippen LogP contribution in [0.25, 0.3) is 0 Å². The van der Waals surface area contributed by atoms with E-state index >= 15 is 0 Å². The molecule has 0 aliphatic carbocycles. The summed E-state index contributed by atoms with van der Waals surface area (Å²) < 4.78 is 0. The maximum Gasteiger partial charge on any atom is 0.169 e. The van der Waals surface area contributed by atoms with Crippen LogP contribution in [0.5, 0.6) is 0 Å². The second kappa shape index (κ2) is 1.89. The number of nitrogens with zero attached hydrogens (tertiary/aromatic N) is 1. The summed E-state index contributed by atoms with van der Waals surface area (Å²) in [5.74, 6) is 0.0683. The first-order chi connectivity index (χ1) is 4.22. The van der Waals surface area contributed by atoms with Gasteiger partial charge in [0.15, 0.2) is 5.84 Å². The van der Waals surface area contributed by atoms with Crippen molar-refractivity contribution in [3.63, 3.8) is 0 Å². The van der Waals surface area contributed by atoms with E-state index in [4.69, 9.17) is 16.9 Å². The molecule has 5 N–H and O–H groups in total. The van der Waals surface area contributed by atoms with Crippen LogP contribution in [-0.2, 0) is 0 Å². The van der Waals surface area contributed by atoms with Gasteiger partial charge in [0.25, 0.3) is 0 Å². The minimum Gasteiger partial charge on any atom is -0.400 e. The van der Waals surface area contributed by atoms with Crippen molar-refractivity contribution in [2.45, 2.75) is 6.42 Å². The van der Waals surface area contributed by atoms with Crippen molar-refractivity contribution in [1.82, 2.24) is 0 Å². The zero-order chi connectivity index (χ0) is 6.85. The van der Waals surface area contributed by atoms with Gasteiger partial charge in [0.1, 0.15) is 0 Å². The molecule has 0 atom stereocenters. The predicted molar refractivity (Wildman–Crippen MR) is 36.2 cm³/mol. The van der Waals surface area contributed by atoms with Gasteiger partial charge in [-0.1, -0.05) is 0 Å². The number of hydrogen-bond donors (Lipinski definition) is 3. The minimum absolute atomic E-state index is 0.0683. The first-order valence-corrected chi connectivity index (χ1v) is 2.57. The van der Waals surface area contributed by atoms with Gasteiger partial charge in [0.05, 0.1) is 5.70 Å². The van der Waals surface area contributed by atoms with Crippen molar-refractivity contribution >= 4 is 12.1 Å². The summed E-state index contributed by atoms with van der Waals surface area (Å²) in [4.78, 5) is 3.66. The van der Waals surface area contributed by atoms with Crippen molar-refractivity contribution in [2.24, 2.45) is 16.5 Å². The molecule has 9 heavy (non-hydrogen) atoms. The molecule has 4 nitrogen and oxygen atoms in total. The van der Waals surface area contributed by atoms with Crippen LogP contribution in [0.2, 0.25) is 0 Å². The molecule has 0 radical (unpaired) electrons. The fourth-order valence-electron chi connectivity index (χ4n) is 0.567. The molecular weight excluding hydrogens is 116 g/mol. The number of nitrogens with two attached hydrogens (primary N) is 2. The smallest absolute Gasteiger partial charge is 0.169 e. The summed E-state index contributed by atoms with van der Waals surface area (Å²) in [5, 5.41) is 7.06. The van der Waals surface area contributed by atoms with Gasteiger partial charge >= 0.3 is 0 Å². The van der Waals surface area contributed by atoms with Gasteiger partial charge in [-0.15, -0.1) is 0 Å². The Labute approximate surface area is 52.8 Å². The molecule has 0 unspecified atom stereocenters. The van der Waals surface area contributed by atoms with Gasteiger partial charge in [0, 0.05) is 18.3 Å². The highest BCUT2D eigenvalue weighted by molar-refractivity contribution is 6.02. The second-order valence-corrected chi connectivity index (χ2v) is 1.80. The Morgan fingerprint density at radius 3 is 2.67 bits per heavy atom. The van der Waals surface area contributed by atoms with Gasteiger partial charge in [-0.25, -0.2) is 4.99 Å². The SMILES string of the molecule is N=C1N=CCC(N)=C1N. The van der Waals surface area contributed by atoms with E-state index in [9.17, 15) is 0 Å². The highest BCUT2D eigenvalue weighted by Crippen LogP contribution is 2.02. The van der Waals surface area contributed by atoms with Crippen LogP contribution in [-0.4, -0.2) is 12.1 Å². The molecule has 0 amide bonds. The fourth-order valence-corrected chi connectivity index (χ4v) is 0.567. The Hall–Kier alpha value is -1.32. The highest BCUT2D eigenvalue weighted by atomic mass is 14.9. The highest BCUT2D eigenvalue weighted by Gasteiger charge is 2.06. The van der Waals surface area contributed by atoms with Gasteiger partial charge in [0.2, 0.25) is 0 Å². The van der Waals surface area contributed by atoms with E-state index in [1.165, 1.54) is 0 Å². The Morgan fingerprint density at radius 2 is 2.22 bits per heavy atom. The molecule has 0 aromatic heterocycles. The van der Waals surface area contributed by atoms with Crippen LogP contribution >= 0.6 is 0 Å². The molecule has 1 aliphatic rings. The molecule has 0 aromatic rings. The zero-order valence-corrected chi connectivity index (χ0v) is 4.89. The summed E-state index contributed by atoms with van der Waals surface area (Å²) in [5.41, 5.74) is 11.6. The number of allylic oxidation sites excluding steroid dienone is 1. The standard InChI is InChI=1S/C5H8N4/c6-3-1-2-9-5(8)4(3)7/h2,8H,1,6-7H2. The molecule has 0 saturated heterocycles. The topological polar surface area (TPSA) is 88.2 Å². The van der Waals surface area contributed by atoms with Crippen molar-refractivity contribution in [3.8, 4) is 0 Å². The van der Waals surface area contributed by atoms with E-state index in [1.54, 1.807) is 6.21 Å². The Kier molecular flexibility index (Phi) is 1.22. The number of rotatable bonds is 0. The molecule has 0 saturated carbocycles. The number of dihydropyridines is 1. The molecule has 0 bridgehead atoms. The third-order valence-electron chi connectivity index (χ3n) is 1.13. The molecule has 4 heteroatoms. The molecule has 0 aromatic carbocycles. The Balaban J connectivity index is 2.92. The van der Waals surface area contributed by atoms with Gasteiger partial charge in [-0.2, -0.15) is 0 Å². The molecule has 1 rings (SSSR count). The van der Waals surface area contributed by atoms with E-state index < -0.39 is 0 Å². The van der Waals surface area contributed by atoms with E-state index in [2.05, 4.69) is 4.99 Å². The van der Waals surface area contributed by atoms with Gasteiger partial charge < -0.3 is 11.5 Å². The van der Waals surface area contributed by atoms with Crippen molar-refractivity contribution < 1.29 is 0 Å². The minimum atomic E-state index is 0.0683. The van der Waals surface area contributed by atoms with E-state index in [-0.39, 0.29) is 5.84 Å². The average molecular weight is 124 g/mol. The maximum atomic E-state index is 7.06. The van der Waals surface area contributed by atoms with E-state index in [0.29, 0.717) is 17.8 Å². The Bertz CT molecular complexity index is 201. The van der Waals surface area contributed by atoms with Crippen molar-refractivity contribution in [3.05, 3.63) is 11.4 Å². The number of aliphatic imine (C=N–C) groups is 1. The molecular formula is C5H8N4. The van der Waals surface area contributed by atoms with E-state index in [0.717, 1.165) is 0 Å². The molecule has 1 heterocycles. The lowest BCUT2D eigenvalue weighted by Crippen LogP contribution is -2.19. The van der Waals surface area contributed by atoms with Crippen molar-refractivity contribution in [2.75, 3.05) is 0 Å². The van der Waals surface area contributed by atoms with Crippen LogP contribution in [0.4, 0.5) is 0 Å². The predicted octanol–water partition coefficient (Wildman–Crippen LogP) is -0.433. The number of nitrogens with one attached hydrogen (secondary N) is 1. The van der Waals surface area contributed by atoms with Crippen molar-refractivity contribution in [1.29, 1.82) is 5.41 Å². The monoisotopic (exact) mass is 124 g/mol. The van der Waals surface area contributed by atoms with Crippen LogP contribution in [0.1, 0.15) is 6.42 Å². The largest absolute Gasteiger partial charge is 0.400 e. The number of amidine groups is 1. The summed E-state index contributed by atoms with van der Waals surface area (Å²) in [6, 6.07) is 0. The molecule has 0 spiro atoms. The molecule has 48 valence electrons. The first kappa shape index (κ1) is 5.81. The Morgan fingerprint density at radius 1 is 1.56 bits per heavy atom. The summed E-state index contributed by atoms with van der Waals surface area (Å²) >= 11 is 0. The fraction of sp³-hybridized carbons (Fsp3) is 0.200. The summed E-state index contributed by atoms with van der Waals surface area (Å²) in [6.45, 7) is 0. The van der Waals surface area contributed by atoms with Gasteiger partial charge in [-0.3, -0.25) is 5.41 Å². The lowest BCUT2D eigenvalue weighted by Gasteiger charge is -2.06. The van der Waals surface area contributed by atoms with Crippen LogP contribution in [0.15, 0.2) is 16.4 Å². The van der Waals surface area contributed by atoms with Crippen LogP contribution < -0.4 is 11.5 Å². The second-order valence-electron chi connectivity index (χ2n) is 1.80. The van der Waals surface area contributed by atoms with Crippen LogP contribution in [0, 0.1) is 5.41 Å². The summed E-state index contributed by atoms with van der Waals surface area (Å²) in [6.07, 6.45) is 2.14. The zero-order valence-electron chi connectivity index (χ0n) is 4.89. The quantitative estimate of drug-likeness (QED) is 0.409. The van der Waals surface area contributed by atoms with Crippen LogP contribution in [0.3, 0.4) is 0 Å². The maximum absolute atomic E-state index is 7.06. The third-order valence-corrected chi connectivity index (χ3v) is 1.13. The summed E-state index contributed by atoms with van der Waals surface area (Å²) in [7, 11) is 0. The first-order valence-electron chi connectivity index (χ1n) is 2.57. The molecule has 1 aliphatic heterocycles. The third kappa shape index (κ3) is 0.910. The number of hydrogen-bond acceptors (Lipinski definition) is 3. The lowest BCUT2D eigenvalue weighted by molar-refractivity contribution is 1.13. The molecule has 0 fully saturated rings.